The van der Waals surface area contributed by atoms with E-state index in [-0.39, 0.29) is 0 Å². The molecule has 0 fully saturated rings. The molecule has 0 saturated carbocycles. The van der Waals surface area contributed by atoms with Crippen molar-refractivity contribution >= 4 is 11.8 Å². The quantitative estimate of drug-likeness (QED) is 0.499. The predicted octanol–water partition coefficient (Wildman–Crippen LogP) is 3.41. The summed E-state index contributed by atoms with van der Waals surface area (Å²) in [5, 5.41) is 0. The highest BCUT2D eigenvalue weighted by Crippen LogP contribution is 2.08. The molecule has 62 valence electrons. The first-order valence-electron chi connectivity index (χ1n) is 4.38. The molecule has 0 spiro atoms. The van der Waals surface area contributed by atoms with Crippen molar-refractivity contribution < 1.29 is 0 Å². The van der Waals surface area contributed by atoms with Crippen LogP contribution in [0.15, 0.2) is 24.3 Å². The van der Waals surface area contributed by atoms with Crippen molar-refractivity contribution in [3.05, 3.63) is 24.3 Å². The number of thioether (sulfide) groups is 1. The van der Waals surface area contributed by atoms with Gasteiger partial charge in [-0.2, -0.15) is 11.8 Å². The molecule has 1 heterocycles. The molecule has 0 amide bonds. The lowest BCUT2D eigenvalue weighted by Gasteiger charge is -1.95. The van der Waals surface area contributed by atoms with Crippen molar-refractivity contribution in [2.75, 3.05) is 11.5 Å². The van der Waals surface area contributed by atoms with Gasteiger partial charge in [-0.1, -0.05) is 24.3 Å². The fraction of sp³-hybridized carbons (Fsp3) is 0.600. The average molecular weight is 168 g/mol. The number of rotatable bonds is 0. The molecule has 0 aromatic rings. The van der Waals surface area contributed by atoms with Crippen LogP contribution in [0.3, 0.4) is 0 Å². The minimum absolute atomic E-state index is 1.13. The van der Waals surface area contributed by atoms with Gasteiger partial charge >= 0.3 is 0 Å². The molecule has 0 nitrogen and oxygen atoms in total. The maximum absolute atomic E-state index is 2.30. The van der Waals surface area contributed by atoms with Crippen LogP contribution in [0.4, 0.5) is 0 Å². The largest absolute Gasteiger partial charge is 0.162 e. The molecule has 0 atom stereocenters. The summed E-state index contributed by atoms with van der Waals surface area (Å²) in [6.45, 7) is 0. The van der Waals surface area contributed by atoms with Crippen LogP contribution >= 0.6 is 11.8 Å². The van der Waals surface area contributed by atoms with Gasteiger partial charge in [0.15, 0.2) is 0 Å². The second-order valence-corrected chi connectivity index (χ2v) is 3.95. The molecule has 0 aromatic carbocycles. The van der Waals surface area contributed by atoms with Crippen molar-refractivity contribution in [1.29, 1.82) is 0 Å². The van der Waals surface area contributed by atoms with Gasteiger partial charge < -0.3 is 0 Å². The van der Waals surface area contributed by atoms with E-state index < -0.39 is 0 Å². The van der Waals surface area contributed by atoms with Gasteiger partial charge in [-0.15, -0.1) is 0 Å². The van der Waals surface area contributed by atoms with Gasteiger partial charge in [0.1, 0.15) is 0 Å². The fourth-order valence-electron chi connectivity index (χ4n) is 1.06. The van der Waals surface area contributed by atoms with E-state index in [4.69, 9.17) is 0 Å². The first-order chi connectivity index (χ1) is 5.50. The molecule has 0 N–H and O–H groups in total. The topological polar surface area (TPSA) is 0 Å². The summed E-state index contributed by atoms with van der Waals surface area (Å²) in [7, 11) is 0. The van der Waals surface area contributed by atoms with Crippen LogP contribution in [0.2, 0.25) is 0 Å². The Bertz CT molecular complexity index is 120. The standard InChI is InChI=1S/C10H16S/c1-2-4-6-8-10-11-9-7-5-3-1/h1,3-4,6H,2,5,7-10H2/b3-1-,6-4-. The SMILES string of the molecule is C1=C\CCCSCC/C=C\C/1. The van der Waals surface area contributed by atoms with Gasteiger partial charge in [0.2, 0.25) is 0 Å². The Morgan fingerprint density at radius 3 is 2.55 bits per heavy atom. The van der Waals surface area contributed by atoms with Gasteiger partial charge in [0, 0.05) is 0 Å². The van der Waals surface area contributed by atoms with Gasteiger partial charge in [-0.3, -0.25) is 0 Å². The zero-order valence-electron chi connectivity index (χ0n) is 6.96. The lowest BCUT2D eigenvalue weighted by atomic mass is 10.2. The third kappa shape index (κ3) is 5.14. The molecule has 1 aliphatic heterocycles. The summed E-state index contributed by atoms with van der Waals surface area (Å²) < 4.78 is 0. The second-order valence-electron chi connectivity index (χ2n) is 2.72. The van der Waals surface area contributed by atoms with Crippen LogP contribution < -0.4 is 0 Å². The number of hydrogen-bond acceptors (Lipinski definition) is 1. The molecule has 0 saturated heterocycles. The molecule has 1 aliphatic rings. The Balaban J connectivity index is 2.22. The highest BCUT2D eigenvalue weighted by molar-refractivity contribution is 7.99. The van der Waals surface area contributed by atoms with Crippen LogP contribution in [-0.2, 0) is 0 Å². The van der Waals surface area contributed by atoms with Crippen LogP contribution in [-0.4, -0.2) is 11.5 Å². The zero-order valence-corrected chi connectivity index (χ0v) is 7.78. The Hall–Kier alpha value is -0.170. The highest BCUT2D eigenvalue weighted by atomic mass is 32.2. The molecular weight excluding hydrogens is 152 g/mol. The van der Waals surface area contributed by atoms with Crippen LogP contribution in [0.25, 0.3) is 0 Å². The Morgan fingerprint density at radius 2 is 1.64 bits per heavy atom. The molecule has 0 radical (unpaired) electrons. The van der Waals surface area contributed by atoms with E-state index in [9.17, 15) is 0 Å². The summed E-state index contributed by atoms with van der Waals surface area (Å²) in [5.74, 6) is 2.63. The Labute approximate surface area is 73.8 Å². The maximum atomic E-state index is 2.30. The van der Waals surface area contributed by atoms with Crippen LogP contribution in [0.5, 0.6) is 0 Å². The lowest BCUT2D eigenvalue weighted by molar-refractivity contribution is 0.967. The van der Waals surface area contributed by atoms with Gasteiger partial charge in [-0.25, -0.2) is 0 Å². The van der Waals surface area contributed by atoms with Gasteiger partial charge in [0.25, 0.3) is 0 Å². The molecule has 1 heteroatoms. The molecule has 0 aromatic heterocycles. The van der Waals surface area contributed by atoms with E-state index in [0.717, 1.165) is 6.42 Å². The van der Waals surface area contributed by atoms with E-state index in [1.165, 1.54) is 30.8 Å². The molecule has 11 heavy (non-hydrogen) atoms. The van der Waals surface area contributed by atoms with Gasteiger partial charge in [0.05, 0.1) is 0 Å². The van der Waals surface area contributed by atoms with Crippen molar-refractivity contribution in [3.63, 3.8) is 0 Å². The number of allylic oxidation sites excluding steroid dienone is 4. The predicted molar refractivity (Wildman–Crippen MR) is 54.1 cm³/mol. The molecule has 1 rings (SSSR count). The van der Waals surface area contributed by atoms with E-state index in [0.29, 0.717) is 0 Å². The first kappa shape index (κ1) is 8.92. The van der Waals surface area contributed by atoms with Crippen molar-refractivity contribution in [3.8, 4) is 0 Å². The molecular formula is C10H16S. The lowest BCUT2D eigenvalue weighted by Crippen LogP contribution is -1.80. The molecule has 0 aliphatic carbocycles. The highest BCUT2D eigenvalue weighted by Gasteiger charge is 1.88. The minimum atomic E-state index is 1.13. The summed E-state index contributed by atoms with van der Waals surface area (Å²) in [5.41, 5.74) is 0. The third-order valence-corrected chi connectivity index (χ3v) is 2.80. The van der Waals surface area contributed by atoms with Crippen LogP contribution in [0.1, 0.15) is 25.7 Å². The fourth-order valence-corrected chi connectivity index (χ4v) is 1.94. The Morgan fingerprint density at radius 1 is 0.818 bits per heavy atom. The minimum Gasteiger partial charge on any atom is -0.162 e. The first-order valence-corrected chi connectivity index (χ1v) is 5.53. The van der Waals surface area contributed by atoms with Crippen molar-refractivity contribution in [2.45, 2.75) is 25.7 Å². The summed E-state index contributed by atoms with van der Waals surface area (Å²) in [4.78, 5) is 0. The number of hydrogen-bond donors (Lipinski definition) is 0. The van der Waals surface area contributed by atoms with Crippen LogP contribution in [0, 0.1) is 0 Å². The monoisotopic (exact) mass is 168 g/mol. The van der Waals surface area contributed by atoms with E-state index in [2.05, 4.69) is 36.1 Å². The average Bonchev–Trinajstić information content (AvgIpc) is 2.08. The maximum Gasteiger partial charge on any atom is -0.00329 e. The van der Waals surface area contributed by atoms with Crippen molar-refractivity contribution in [2.24, 2.45) is 0 Å². The van der Waals surface area contributed by atoms with E-state index >= 15 is 0 Å². The zero-order chi connectivity index (χ0) is 7.78. The Kier molecular flexibility index (Phi) is 5.30. The summed E-state index contributed by atoms with van der Waals surface area (Å²) >= 11 is 2.08. The smallest absolute Gasteiger partial charge is 0.00329 e. The normalized spacial score (nSPS) is 26.9. The van der Waals surface area contributed by atoms with E-state index in [1.807, 2.05) is 0 Å². The third-order valence-electron chi connectivity index (χ3n) is 1.69. The summed E-state index contributed by atoms with van der Waals surface area (Å²) in [6, 6.07) is 0. The van der Waals surface area contributed by atoms with Crippen molar-refractivity contribution in [1.82, 2.24) is 0 Å². The van der Waals surface area contributed by atoms with E-state index in [1.54, 1.807) is 0 Å². The molecule has 0 bridgehead atoms. The van der Waals surface area contributed by atoms with Gasteiger partial charge in [-0.05, 0) is 37.2 Å². The summed E-state index contributed by atoms with van der Waals surface area (Å²) in [6.07, 6.45) is 14.1. The molecule has 0 unspecified atom stereocenters. The second kappa shape index (κ2) is 6.53.